The van der Waals surface area contributed by atoms with Gasteiger partial charge in [-0.05, 0) is 29.8 Å². The topological polar surface area (TPSA) is 80.2 Å². The van der Waals surface area contributed by atoms with Crippen molar-refractivity contribution in [1.82, 2.24) is 5.43 Å². The van der Waals surface area contributed by atoms with Crippen molar-refractivity contribution in [1.29, 1.82) is 0 Å². The lowest BCUT2D eigenvalue weighted by molar-refractivity contribution is -0.120. The first-order chi connectivity index (χ1) is 11.1. The highest BCUT2D eigenvalue weighted by Crippen LogP contribution is 2.29. The molecule has 0 unspecified atom stereocenters. The lowest BCUT2D eigenvalue weighted by atomic mass is 10.1. The van der Waals surface area contributed by atoms with E-state index in [1.165, 1.54) is 18.3 Å². The Bertz CT molecular complexity index is 696. The highest BCUT2D eigenvalue weighted by molar-refractivity contribution is 5.86. The van der Waals surface area contributed by atoms with Crippen LogP contribution in [0.25, 0.3) is 0 Å². The molecule has 0 aromatic heterocycles. The van der Waals surface area contributed by atoms with E-state index in [9.17, 15) is 9.90 Å². The van der Waals surface area contributed by atoms with E-state index in [4.69, 9.17) is 9.47 Å². The van der Waals surface area contributed by atoms with Gasteiger partial charge in [0.2, 0.25) is 5.91 Å². The standard InChI is InChI=1S/C17H18N2O4/c1-22-15-5-3-4-13(17(15)23-2)11-18-19-16(21)10-12-6-8-14(20)9-7-12/h3-9,11,20H,10H2,1-2H3,(H,19,21)/b18-11-. The summed E-state index contributed by atoms with van der Waals surface area (Å²) in [4.78, 5) is 11.8. The Kier molecular flexibility index (Phi) is 5.57. The molecule has 0 aliphatic heterocycles. The van der Waals surface area contributed by atoms with Crippen LogP contribution in [0.2, 0.25) is 0 Å². The predicted molar refractivity (Wildman–Crippen MR) is 87.1 cm³/mol. The first-order valence-electron chi connectivity index (χ1n) is 6.95. The Morgan fingerprint density at radius 3 is 2.57 bits per heavy atom. The summed E-state index contributed by atoms with van der Waals surface area (Å²) in [5.41, 5.74) is 3.93. The molecule has 0 fully saturated rings. The summed E-state index contributed by atoms with van der Waals surface area (Å²) < 4.78 is 10.5. The number of hydrazone groups is 1. The van der Waals surface area contributed by atoms with Crippen LogP contribution in [-0.2, 0) is 11.2 Å². The lowest BCUT2D eigenvalue weighted by Crippen LogP contribution is -2.19. The third kappa shape index (κ3) is 4.47. The zero-order chi connectivity index (χ0) is 16.7. The molecule has 120 valence electrons. The lowest BCUT2D eigenvalue weighted by Gasteiger charge is -2.09. The van der Waals surface area contributed by atoms with E-state index in [1.807, 2.05) is 0 Å². The number of nitrogens with zero attached hydrogens (tertiary/aromatic N) is 1. The van der Waals surface area contributed by atoms with E-state index < -0.39 is 0 Å². The molecule has 2 rings (SSSR count). The smallest absolute Gasteiger partial charge is 0.244 e. The Morgan fingerprint density at radius 1 is 1.17 bits per heavy atom. The number of carbonyl (C=O) groups excluding carboxylic acids is 1. The summed E-state index contributed by atoms with van der Waals surface area (Å²) in [6.45, 7) is 0. The Morgan fingerprint density at radius 2 is 1.91 bits per heavy atom. The number of phenolic OH excluding ortho intramolecular Hbond substituents is 1. The molecule has 0 spiro atoms. The highest BCUT2D eigenvalue weighted by Gasteiger charge is 2.07. The van der Waals surface area contributed by atoms with E-state index in [1.54, 1.807) is 44.6 Å². The number of benzene rings is 2. The molecule has 0 heterocycles. The van der Waals surface area contributed by atoms with Gasteiger partial charge in [0.25, 0.3) is 0 Å². The maximum absolute atomic E-state index is 11.8. The van der Waals surface area contributed by atoms with E-state index in [0.29, 0.717) is 17.1 Å². The van der Waals surface area contributed by atoms with Crippen LogP contribution in [0.4, 0.5) is 0 Å². The fourth-order valence-corrected chi connectivity index (χ4v) is 2.03. The van der Waals surface area contributed by atoms with Crippen molar-refractivity contribution in [3.63, 3.8) is 0 Å². The number of ether oxygens (including phenoxy) is 2. The number of aromatic hydroxyl groups is 1. The Hall–Kier alpha value is -3.02. The highest BCUT2D eigenvalue weighted by atomic mass is 16.5. The number of rotatable bonds is 6. The van der Waals surface area contributed by atoms with Crippen LogP contribution in [0.5, 0.6) is 17.2 Å². The third-order valence-electron chi connectivity index (χ3n) is 3.13. The van der Waals surface area contributed by atoms with Gasteiger partial charge in [-0.15, -0.1) is 0 Å². The van der Waals surface area contributed by atoms with Gasteiger partial charge in [0.1, 0.15) is 5.75 Å². The molecule has 0 bridgehead atoms. The average molecular weight is 314 g/mol. The molecule has 0 atom stereocenters. The van der Waals surface area contributed by atoms with Gasteiger partial charge >= 0.3 is 0 Å². The molecular weight excluding hydrogens is 296 g/mol. The summed E-state index contributed by atoms with van der Waals surface area (Å²) in [6.07, 6.45) is 1.67. The van der Waals surface area contributed by atoms with Gasteiger partial charge in [-0.1, -0.05) is 18.2 Å². The SMILES string of the molecule is COc1cccc(/C=N\NC(=O)Cc2ccc(O)cc2)c1OC. The fourth-order valence-electron chi connectivity index (χ4n) is 2.03. The minimum absolute atomic E-state index is 0.164. The minimum Gasteiger partial charge on any atom is -0.508 e. The molecule has 6 nitrogen and oxygen atoms in total. The zero-order valence-corrected chi connectivity index (χ0v) is 12.9. The van der Waals surface area contributed by atoms with E-state index in [2.05, 4.69) is 10.5 Å². The molecule has 0 saturated carbocycles. The molecule has 23 heavy (non-hydrogen) atoms. The molecule has 0 aliphatic rings. The number of methoxy groups -OCH3 is 2. The number of para-hydroxylation sites is 1. The number of carbonyl (C=O) groups is 1. The van der Waals surface area contributed by atoms with Gasteiger partial charge in [-0.3, -0.25) is 4.79 Å². The molecule has 2 aromatic rings. The van der Waals surface area contributed by atoms with Crippen LogP contribution >= 0.6 is 0 Å². The summed E-state index contributed by atoms with van der Waals surface area (Å²) >= 11 is 0. The maximum Gasteiger partial charge on any atom is 0.244 e. The van der Waals surface area contributed by atoms with Crippen LogP contribution in [0.1, 0.15) is 11.1 Å². The average Bonchev–Trinajstić information content (AvgIpc) is 2.56. The normalized spacial score (nSPS) is 10.5. The second-order valence-corrected chi connectivity index (χ2v) is 4.72. The maximum atomic E-state index is 11.8. The number of hydrogen-bond donors (Lipinski definition) is 2. The van der Waals surface area contributed by atoms with Crippen molar-refractivity contribution in [2.45, 2.75) is 6.42 Å². The Balaban J connectivity index is 1.98. The second kappa shape index (κ2) is 7.84. The van der Waals surface area contributed by atoms with Gasteiger partial charge in [0, 0.05) is 5.56 Å². The fraction of sp³-hybridized carbons (Fsp3) is 0.176. The van der Waals surface area contributed by atoms with Crippen LogP contribution < -0.4 is 14.9 Å². The first-order valence-corrected chi connectivity index (χ1v) is 6.95. The predicted octanol–water partition coefficient (Wildman–Crippen LogP) is 2.10. The molecule has 0 aliphatic carbocycles. The molecule has 2 aromatic carbocycles. The molecule has 1 amide bonds. The largest absolute Gasteiger partial charge is 0.508 e. The van der Waals surface area contributed by atoms with E-state index >= 15 is 0 Å². The van der Waals surface area contributed by atoms with Crippen LogP contribution in [-0.4, -0.2) is 31.4 Å². The van der Waals surface area contributed by atoms with Crippen LogP contribution in [0.15, 0.2) is 47.6 Å². The van der Waals surface area contributed by atoms with Gasteiger partial charge in [-0.2, -0.15) is 5.10 Å². The van der Waals surface area contributed by atoms with Crippen molar-refractivity contribution in [3.8, 4) is 17.2 Å². The van der Waals surface area contributed by atoms with Crippen molar-refractivity contribution >= 4 is 12.1 Å². The monoisotopic (exact) mass is 314 g/mol. The third-order valence-corrected chi connectivity index (χ3v) is 3.13. The molecule has 0 radical (unpaired) electrons. The minimum atomic E-state index is -0.256. The van der Waals surface area contributed by atoms with Crippen molar-refractivity contribution in [2.75, 3.05) is 14.2 Å². The van der Waals surface area contributed by atoms with Gasteiger partial charge < -0.3 is 14.6 Å². The zero-order valence-electron chi connectivity index (χ0n) is 12.9. The summed E-state index contributed by atoms with van der Waals surface area (Å²) in [7, 11) is 3.09. The number of phenols is 1. The van der Waals surface area contributed by atoms with Crippen molar-refractivity contribution in [2.24, 2.45) is 5.10 Å². The van der Waals surface area contributed by atoms with Crippen molar-refractivity contribution < 1.29 is 19.4 Å². The molecule has 2 N–H and O–H groups in total. The van der Waals surface area contributed by atoms with E-state index in [0.717, 1.165) is 5.56 Å². The van der Waals surface area contributed by atoms with E-state index in [-0.39, 0.29) is 18.1 Å². The molecule has 6 heteroatoms. The number of amides is 1. The summed E-state index contributed by atoms with van der Waals surface area (Å²) in [5.74, 6) is 1.05. The quantitative estimate of drug-likeness (QED) is 0.632. The number of nitrogens with one attached hydrogen (secondary N) is 1. The van der Waals surface area contributed by atoms with Crippen molar-refractivity contribution in [3.05, 3.63) is 53.6 Å². The summed E-state index contributed by atoms with van der Waals surface area (Å²) in [5, 5.41) is 13.1. The molecule has 0 saturated heterocycles. The summed E-state index contributed by atoms with van der Waals surface area (Å²) in [6, 6.07) is 11.8. The van der Waals surface area contributed by atoms with Crippen LogP contribution in [0.3, 0.4) is 0 Å². The first kappa shape index (κ1) is 16.4. The van der Waals surface area contributed by atoms with Gasteiger partial charge in [-0.25, -0.2) is 5.43 Å². The van der Waals surface area contributed by atoms with Gasteiger partial charge in [0.05, 0.1) is 26.9 Å². The van der Waals surface area contributed by atoms with Gasteiger partial charge in [0.15, 0.2) is 11.5 Å². The molecular formula is C17H18N2O4. The number of hydrogen-bond acceptors (Lipinski definition) is 5. The second-order valence-electron chi connectivity index (χ2n) is 4.72. The Labute approximate surface area is 134 Å². The van der Waals surface area contributed by atoms with Crippen LogP contribution in [0, 0.1) is 0 Å².